The molecule has 1 saturated carbocycles. The van der Waals surface area contributed by atoms with Crippen LogP contribution in [0.1, 0.15) is 80.1 Å². The van der Waals surface area contributed by atoms with Crippen molar-refractivity contribution < 1.29 is 28.5 Å². The van der Waals surface area contributed by atoms with Gasteiger partial charge >= 0.3 is 11.9 Å². The molecule has 3 fully saturated rings. The number of rotatable bonds is 7. The molecule has 3 aliphatic rings. The number of carbonyl (C=O) groups excluding carboxylic acids is 2. The lowest BCUT2D eigenvalue weighted by Crippen LogP contribution is -2.73. The van der Waals surface area contributed by atoms with Crippen LogP contribution in [0.3, 0.4) is 0 Å². The average molecular weight is 469 g/mol. The number of esters is 2. The third kappa shape index (κ3) is 6.27. The van der Waals surface area contributed by atoms with E-state index in [1.165, 1.54) is 0 Å². The Labute approximate surface area is 199 Å². The van der Waals surface area contributed by atoms with Crippen LogP contribution in [-0.2, 0) is 28.5 Å². The number of hydrogen-bond donors (Lipinski definition) is 0. The minimum absolute atomic E-state index is 0.00480. The maximum atomic E-state index is 14.0. The third-order valence-corrected chi connectivity index (χ3v) is 6.82. The highest BCUT2D eigenvalue weighted by Crippen LogP contribution is 2.38. The zero-order valence-corrected chi connectivity index (χ0v) is 21.4. The van der Waals surface area contributed by atoms with E-state index in [9.17, 15) is 9.59 Å². The summed E-state index contributed by atoms with van der Waals surface area (Å²) < 4.78 is 24.0. The summed E-state index contributed by atoms with van der Waals surface area (Å²) in [6, 6.07) is 0.00480. The molecule has 0 aromatic carbocycles. The first kappa shape index (κ1) is 26.4. The lowest BCUT2D eigenvalue weighted by atomic mass is 9.87. The molecule has 0 aromatic heterocycles. The van der Waals surface area contributed by atoms with Gasteiger partial charge in [-0.15, -0.1) is 0 Å². The van der Waals surface area contributed by atoms with Crippen molar-refractivity contribution in [2.24, 2.45) is 5.92 Å². The molecule has 0 bridgehead atoms. The Hall–Kier alpha value is -1.22. The van der Waals surface area contributed by atoms with E-state index >= 15 is 0 Å². The first-order valence-electron chi connectivity index (χ1n) is 12.8. The molecule has 3 rings (SSSR count). The molecule has 2 heterocycles. The predicted molar refractivity (Wildman–Crippen MR) is 124 cm³/mol. The molecule has 1 unspecified atom stereocenters. The fourth-order valence-corrected chi connectivity index (χ4v) is 5.22. The highest BCUT2D eigenvalue weighted by molar-refractivity contribution is 5.79. The molecular formula is C25H44N2O6. The molecule has 33 heavy (non-hydrogen) atoms. The van der Waals surface area contributed by atoms with Crippen LogP contribution in [0.15, 0.2) is 0 Å². The van der Waals surface area contributed by atoms with Crippen LogP contribution in [0.5, 0.6) is 0 Å². The van der Waals surface area contributed by atoms with Crippen molar-refractivity contribution in [1.29, 1.82) is 0 Å². The second-order valence-corrected chi connectivity index (χ2v) is 10.8. The summed E-state index contributed by atoms with van der Waals surface area (Å²) >= 11 is 0. The Morgan fingerprint density at radius 1 is 1.03 bits per heavy atom. The molecule has 2 saturated heterocycles. The maximum absolute atomic E-state index is 14.0. The van der Waals surface area contributed by atoms with E-state index in [0.29, 0.717) is 32.6 Å². The van der Waals surface area contributed by atoms with E-state index in [1.807, 2.05) is 34.6 Å². The lowest BCUT2D eigenvalue weighted by molar-refractivity contribution is -0.297. The van der Waals surface area contributed by atoms with E-state index in [4.69, 9.17) is 18.9 Å². The van der Waals surface area contributed by atoms with Gasteiger partial charge < -0.3 is 18.9 Å². The maximum Gasteiger partial charge on any atom is 0.371 e. The minimum atomic E-state index is -1.29. The molecule has 3 atom stereocenters. The van der Waals surface area contributed by atoms with E-state index in [-0.39, 0.29) is 36.1 Å². The van der Waals surface area contributed by atoms with E-state index in [0.717, 1.165) is 38.8 Å². The average Bonchev–Trinajstić information content (AvgIpc) is 3.28. The number of morpholine rings is 1. The Kier molecular flexibility index (Phi) is 8.81. The Balaban J connectivity index is 1.90. The van der Waals surface area contributed by atoms with Crippen LogP contribution in [0.4, 0.5) is 0 Å². The minimum Gasteiger partial charge on any atom is -0.466 e. The van der Waals surface area contributed by atoms with Gasteiger partial charge in [0, 0.05) is 25.7 Å². The van der Waals surface area contributed by atoms with Gasteiger partial charge in [-0.2, -0.15) is 0 Å². The largest absolute Gasteiger partial charge is 0.466 e. The summed E-state index contributed by atoms with van der Waals surface area (Å²) in [5, 5.41) is 0. The number of likely N-dealkylation sites (tertiary alicyclic amines) is 1. The molecule has 0 aromatic rings. The highest BCUT2D eigenvalue weighted by atomic mass is 16.6. The molecule has 0 radical (unpaired) electrons. The summed E-state index contributed by atoms with van der Waals surface area (Å²) in [5.74, 6) is -1.84. The standard InChI is InChI=1S/C25H44N2O6/c1-7-30-22(28)20-10-12-21(13-11-20)32-25(26-14-8-9-15-26,23(29)33-24(4,5)6)27-16-19(3)31-17-18(27)2/h18-21H,7-17H2,1-6H3/t18-,19-,20?,21?,25?/m0/s1. The van der Waals surface area contributed by atoms with Crippen molar-refractivity contribution in [3.05, 3.63) is 0 Å². The van der Waals surface area contributed by atoms with Crippen LogP contribution in [-0.4, -0.2) is 84.3 Å². The van der Waals surface area contributed by atoms with Crippen LogP contribution in [0.2, 0.25) is 0 Å². The van der Waals surface area contributed by atoms with Gasteiger partial charge in [0.25, 0.3) is 5.85 Å². The zero-order chi connectivity index (χ0) is 24.2. The van der Waals surface area contributed by atoms with Gasteiger partial charge in [0.1, 0.15) is 5.60 Å². The molecule has 0 amide bonds. The summed E-state index contributed by atoms with van der Waals surface area (Å²) in [6.07, 6.45) is 4.77. The van der Waals surface area contributed by atoms with Crippen molar-refractivity contribution in [2.45, 2.75) is 110 Å². The third-order valence-electron chi connectivity index (χ3n) is 6.82. The number of ether oxygens (including phenoxy) is 4. The van der Waals surface area contributed by atoms with E-state index in [1.54, 1.807) is 0 Å². The Bertz CT molecular complexity index is 666. The topological polar surface area (TPSA) is 77.5 Å². The second kappa shape index (κ2) is 11.0. The summed E-state index contributed by atoms with van der Waals surface area (Å²) in [5.41, 5.74) is -0.631. The van der Waals surface area contributed by atoms with Crippen molar-refractivity contribution in [3.8, 4) is 0 Å². The quantitative estimate of drug-likeness (QED) is 0.527. The smallest absolute Gasteiger partial charge is 0.371 e. The number of nitrogens with zero attached hydrogens (tertiary/aromatic N) is 2. The van der Waals surface area contributed by atoms with Crippen molar-refractivity contribution in [1.82, 2.24) is 9.80 Å². The van der Waals surface area contributed by atoms with Gasteiger partial charge in [-0.25, -0.2) is 9.69 Å². The normalized spacial score (nSPS) is 31.7. The summed E-state index contributed by atoms with van der Waals surface area (Å²) in [7, 11) is 0. The fraction of sp³-hybridized carbons (Fsp3) is 0.920. The molecule has 190 valence electrons. The Morgan fingerprint density at radius 2 is 1.67 bits per heavy atom. The van der Waals surface area contributed by atoms with Crippen LogP contribution < -0.4 is 0 Å². The molecule has 8 nitrogen and oxygen atoms in total. The molecule has 0 spiro atoms. The lowest BCUT2D eigenvalue weighted by Gasteiger charge is -2.53. The Morgan fingerprint density at radius 3 is 2.24 bits per heavy atom. The van der Waals surface area contributed by atoms with E-state index in [2.05, 4.69) is 16.7 Å². The number of hydrogen-bond acceptors (Lipinski definition) is 8. The van der Waals surface area contributed by atoms with Gasteiger partial charge in [-0.1, -0.05) is 0 Å². The SMILES string of the molecule is CCOC(=O)C1CCC(OC(C(=O)OC(C)(C)C)(N2CCCC2)N2C[C@H](C)OC[C@@H]2C)CC1. The van der Waals surface area contributed by atoms with Crippen molar-refractivity contribution in [2.75, 3.05) is 32.8 Å². The van der Waals surface area contributed by atoms with Crippen molar-refractivity contribution in [3.63, 3.8) is 0 Å². The van der Waals surface area contributed by atoms with Gasteiger partial charge in [0.05, 0.1) is 31.3 Å². The van der Waals surface area contributed by atoms with Crippen LogP contribution in [0.25, 0.3) is 0 Å². The van der Waals surface area contributed by atoms with Crippen LogP contribution >= 0.6 is 0 Å². The first-order valence-corrected chi connectivity index (χ1v) is 12.8. The van der Waals surface area contributed by atoms with E-state index < -0.39 is 11.4 Å². The monoisotopic (exact) mass is 468 g/mol. The summed E-state index contributed by atoms with van der Waals surface area (Å²) in [4.78, 5) is 30.6. The highest BCUT2D eigenvalue weighted by Gasteiger charge is 2.57. The molecule has 2 aliphatic heterocycles. The molecular weight excluding hydrogens is 424 g/mol. The van der Waals surface area contributed by atoms with Gasteiger partial charge in [0.2, 0.25) is 0 Å². The number of carbonyl (C=O) groups is 2. The first-order chi connectivity index (χ1) is 15.6. The van der Waals surface area contributed by atoms with Crippen molar-refractivity contribution >= 4 is 11.9 Å². The fourth-order valence-electron chi connectivity index (χ4n) is 5.22. The second-order valence-electron chi connectivity index (χ2n) is 10.8. The van der Waals surface area contributed by atoms with Gasteiger partial charge in [-0.05, 0) is 80.1 Å². The summed E-state index contributed by atoms with van der Waals surface area (Å²) in [6.45, 7) is 14.8. The molecule has 1 aliphatic carbocycles. The predicted octanol–water partition coefficient (Wildman–Crippen LogP) is 3.33. The van der Waals surface area contributed by atoms with Gasteiger partial charge in [0.15, 0.2) is 0 Å². The van der Waals surface area contributed by atoms with Crippen LogP contribution in [0, 0.1) is 5.92 Å². The van der Waals surface area contributed by atoms with Gasteiger partial charge in [-0.3, -0.25) is 9.69 Å². The molecule has 0 N–H and O–H groups in total. The zero-order valence-electron chi connectivity index (χ0n) is 21.4. The molecule has 8 heteroatoms.